The van der Waals surface area contributed by atoms with Crippen molar-refractivity contribution in [1.82, 2.24) is 4.31 Å². The van der Waals surface area contributed by atoms with Crippen LogP contribution in [0.25, 0.3) is 0 Å². The maximum absolute atomic E-state index is 14.5. The van der Waals surface area contributed by atoms with Gasteiger partial charge >= 0.3 is 0 Å². The molecule has 1 atom stereocenters. The van der Waals surface area contributed by atoms with Crippen molar-refractivity contribution in [3.8, 4) is 0 Å². The van der Waals surface area contributed by atoms with E-state index in [0.29, 0.717) is 12.8 Å². The SMILES string of the molecule is CC1(O)CCCCCN(S(=O)(=O)c2cc(C(=O)Nc3ccc(F)c(Cl)c3)ccc2F)C1. The summed E-state index contributed by atoms with van der Waals surface area (Å²) in [5.41, 5.74) is -1.13. The first-order valence-electron chi connectivity index (χ1n) is 9.78. The Morgan fingerprint density at radius 1 is 1.13 bits per heavy atom. The molecule has 0 radical (unpaired) electrons. The Morgan fingerprint density at radius 3 is 2.55 bits per heavy atom. The van der Waals surface area contributed by atoms with Crippen LogP contribution in [0.5, 0.6) is 0 Å². The van der Waals surface area contributed by atoms with Gasteiger partial charge < -0.3 is 10.4 Å². The lowest BCUT2D eigenvalue weighted by atomic mass is 9.96. The first kappa shape index (κ1) is 23.6. The largest absolute Gasteiger partial charge is 0.389 e. The summed E-state index contributed by atoms with van der Waals surface area (Å²) < 4.78 is 55.2. The number of carbonyl (C=O) groups is 1. The summed E-state index contributed by atoms with van der Waals surface area (Å²) in [5.74, 6) is -2.36. The smallest absolute Gasteiger partial charge is 0.255 e. The molecule has 0 spiro atoms. The number of hydrogen-bond acceptors (Lipinski definition) is 4. The van der Waals surface area contributed by atoms with Gasteiger partial charge in [0.25, 0.3) is 5.91 Å². The Balaban J connectivity index is 1.90. The third-order valence-corrected chi connectivity index (χ3v) is 7.28. The molecule has 1 aliphatic rings. The number of anilines is 1. The summed E-state index contributed by atoms with van der Waals surface area (Å²) in [6, 6.07) is 6.59. The highest BCUT2D eigenvalue weighted by molar-refractivity contribution is 7.89. The second-order valence-electron chi connectivity index (χ2n) is 7.87. The number of sulfonamides is 1. The molecule has 31 heavy (non-hydrogen) atoms. The molecule has 1 amide bonds. The second kappa shape index (κ2) is 9.20. The molecule has 0 bridgehead atoms. The van der Waals surface area contributed by atoms with E-state index in [0.717, 1.165) is 41.4 Å². The van der Waals surface area contributed by atoms with Crippen LogP contribution in [0.4, 0.5) is 14.5 Å². The Bertz CT molecular complexity index is 1090. The first-order valence-corrected chi connectivity index (χ1v) is 11.6. The van der Waals surface area contributed by atoms with Crippen LogP contribution >= 0.6 is 11.6 Å². The molecule has 2 aromatic rings. The normalized spacial score (nSPS) is 20.7. The molecule has 168 valence electrons. The number of rotatable bonds is 4. The Kier molecular flexibility index (Phi) is 7.00. The number of nitrogens with zero attached hydrogens (tertiary/aromatic N) is 1. The van der Waals surface area contributed by atoms with E-state index < -0.39 is 38.1 Å². The molecule has 0 aromatic heterocycles. The maximum atomic E-state index is 14.5. The van der Waals surface area contributed by atoms with Crippen molar-refractivity contribution in [2.45, 2.75) is 43.1 Å². The molecule has 6 nitrogen and oxygen atoms in total. The van der Waals surface area contributed by atoms with E-state index in [4.69, 9.17) is 11.6 Å². The molecule has 1 unspecified atom stereocenters. The zero-order valence-electron chi connectivity index (χ0n) is 16.9. The van der Waals surface area contributed by atoms with Crippen LogP contribution in [0.3, 0.4) is 0 Å². The number of benzene rings is 2. The van der Waals surface area contributed by atoms with Crippen LogP contribution in [-0.2, 0) is 10.0 Å². The summed E-state index contributed by atoms with van der Waals surface area (Å²) in [5, 5.41) is 12.8. The number of β-amino-alcohol motifs (C(OH)–C–C–N with tert-alkyl or cyclic N) is 1. The van der Waals surface area contributed by atoms with E-state index in [9.17, 15) is 27.1 Å². The maximum Gasteiger partial charge on any atom is 0.255 e. The fourth-order valence-electron chi connectivity index (χ4n) is 3.47. The van der Waals surface area contributed by atoms with E-state index in [1.54, 1.807) is 6.92 Å². The van der Waals surface area contributed by atoms with Gasteiger partial charge in [0, 0.05) is 24.3 Å². The Labute approximate surface area is 184 Å². The van der Waals surface area contributed by atoms with Crippen molar-refractivity contribution in [3.05, 3.63) is 58.6 Å². The number of nitrogens with one attached hydrogen (secondary N) is 1. The lowest BCUT2D eigenvalue weighted by molar-refractivity contribution is 0.0240. The third-order valence-electron chi connectivity index (χ3n) is 5.13. The molecule has 2 aromatic carbocycles. The summed E-state index contributed by atoms with van der Waals surface area (Å²) in [6.07, 6.45) is 2.54. The Hall–Kier alpha value is -2.07. The highest BCUT2D eigenvalue weighted by atomic mass is 35.5. The summed E-state index contributed by atoms with van der Waals surface area (Å²) in [6.45, 7) is 1.52. The highest BCUT2D eigenvalue weighted by Gasteiger charge is 2.34. The van der Waals surface area contributed by atoms with Crippen molar-refractivity contribution >= 4 is 33.2 Å². The van der Waals surface area contributed by atoms with Crippen molar-refractivity contribution in [2.75, 3.05) is 18.4 Å². The standard InChI is InChI=1S/C21H23ClF2N2O4S/c1-21(28)9-3-2-4-10-26(13-21)31(29,30)19-11-14(5-7-18(19)24)20(27)25-15-6-8-17(23)16(22)12-15/h5-8,11-12,28H,2-4,9-10,13H2,1H3,(H,25,27). The number of aliphatic hydroxyl groups is 1. The van der Waals surface area contributed by atoms with Gasteiger partial charge in [0.2, 0.25) is 10.0 Å². The third kappa shape index (κ3) is 5.60. The number of hydrogen-bond donors (Lipinski definition) is 2. The van der Waals surface area contributed by atoms with Crippen molar-refractivity contribution in [2.24, 2.45) is 0 Å². The van der Waals surface area contributed by atoms with Gasteiger partial charge in [0.1, 0.15) is 16.5 Å². The zero-order chi connectivity index (χ0) is 22.8. The fraction of sp³-hybridized carbons (Fsp3) is 0.381. The predicted octanol–water partition coefficient (Wildman–Crippen LogP) is 4.19. The van der Waals surface area contributed by atoms with Crippen LogP contribution < -0.4 is 5.32 Å². The van der Waals surface area contributed by atoms with Crippen molar-refractivity contribution < 1.29 is 27.1 Å². The lowest BCUT2D eigenvalue weighted by Crippen LogP contribution is -2.45. The minimum absolute atomic E-state index is 0.0979. The van der Waals surface area contributed by atoms with Gasteiger partial charge in [-0.05, 0) is 56.2 Å². The van der Waals surface area contributed by atoms with Crippen LogP contribution in [-0.4, -0.2) is 42.4 Å². The summed E-state index contributed by atoms with van der Waals surface area (Å²) in [4.78, 5) is 11.9. The highest BCUT2D eigenvalue weighted by Crippen LogP contribution is 2.27. The van der Waals surface area contributed by atoms with Gasteiger partial charge in [0.05, 0.1) is 10.6 Å². The Morgan fingerprint density at radius 2 is 1.84 bits per heavy atom. The van der Waals surface area contributed by atoms with Gasteiger partial charge in [-0.15, -0.1) is 0 Å². The molecule has 3 rings (SSSR count). The van der Waals surface area contributed by atoms with Crippen molar-refractivity contribution in [1.29, 1.82) is 0 Å². The minimum Gasteiger partial charge on any atom is -0.389 e. The number of carbonyl (C=O) groups excluding carboxylic acids is 1. The molecule has 1 heterocycles. The van der Waals surface area contributed by atoms with E-state index in [1.807, 2.05) is 0 Å². The molecule has 1 aliphatic heterocycles. The van der Waals surface area contributed by atoms with Gasteiger partial charge in [-0.2, -0.15) is 4.31 Å². The number of halogens is 3. The molecule has 0 aliphatic carbocycles. The molecule has 0 saturated carbocycles. The zero-order valence-corrected chi connectivity index (χ0v) is 18.4. The minimum atomic E-state index is -4.30. The molecule has 2 N–H and O–H groups in total. The second-order valence-corrected chi connectivity index (χ2v) is 10.2. The van der Waals surface area contributed by atoms with E-state index in [1.165, 1.54) is 12.1 Å². The quantitative estimate of drug-likeness (QED) is 0.698. The van der Waals surface area contributed by atoms with Crippen LogP contribution in [0.2, 0.25) is 5.02 Å². The topological polar surface area (TPSA) is 86.7 Å². The van der Waals surface area contributed by atoms with Gasteiger partial charge in [-0.3, -0.25) is 4.79 Å². The van der Waals surface area contributed by atoms with Crippen LogP contribution in [0, 0.1) is 11.6 Å². The van der Waals surface area contributed by atoms with Gasteiger partial charge in [0.15, 0.2) is 0 Å². The van der Waals surface area contributed by atoms with Crippen LogP contribution in [0.15, 0.2) is 41.3 Å². The van der Waals surface area contributed by atoms with Crippen molar-refractivity contribution in [3.63, 3.8) is 0 Å². The van der Waals surface area contributed by atoms with E-state index >= 15 is 0 Å². The molecular formula is C21H23ClF2N2O4S. The average Bonchev–Trinajstić information content (AvgIpc) is 2.68. The number of amides is 1. The predicted molar refractivity (Wildman–Crippen MR) is 114 cm³/mol. The fourth-order valence-corrected chi connectivity index (χ4v) is 5.34. The lowest BCUT2D eigenvalue weighted by Gasteiger charge is -2.33. The van der Waals surface area contributed by atoms with Gasteiger partial charge in [-0.1, -0.05) is 24.4 Å². The summed E-state index contributed by atoms with van der Waals surface area (Å²) >= 11 is 5.70. The molecular weight excluding hydrogens is 450 g/mol. The monoisotopic (exact) mass is 472 g/mol. The average molecular weight is 473 g/mol. The van der Waals surface area contributed by atoms with E-state index in [2.05, 4.69) is 5.32 Å². The van der Waals surface area contributed by atoms with Crippen LogP contribution in [0.1, 0.15) is 43.0 Å². The molecule has 10 heteroatoms. The van der Waals surface area contributed by atoms with E-state index in [-0.39, 0.29) is 29.4 Å². The molecule has 1 fully saturated rings. The summed E-state index contributed by atoms with van der Waals surface area (Å²) in [7, 11) is -4.30. The molecule has 1 saturated heterocycles. The first-order chi connectivity index (χ1) is 14.5. The van der Waals surface area contributed by atoms with Gasteiger partial charge in [-0.25, -0.2) is 17.2 Å².